The van der Waals surface area contributed by atoms with E-state index in [-0.39, 0.29) is 0 Å². The van der Waals surface area contributed by atoms with Crippen molar-refractivity contribution >= 4 is 0 Å². The highest BCUT2D eigenvalue weighted by Gasteiger charge is 2.06. The summed E-state index contributed by atoms with van der Waals surface area (Å²) < 4.78 is 11.3. The second-order valence-electron chi connectivity index (χ2n) is 5.71. The highest BCUT2D eigenvalue weighted by molar-refractivity contribution is 5.43. The molecule has 0 fully saturated rings. The molecule has 130 valence electrons. The summed E-state index contributed by atoms with van der Waals surface area (Å²) in [5, 5.41) is 3.46. The summed E-state index contributed by atoms with van der Waals surface area (Å²) in [6.45, 7) is 6.51. The van der Waals surface area contributed by atoms with Crippen molar-refractivity contribution in [1.29, 1.82) is 0 Å². The first kappa shape index (κ1) is 18.2. The van der Waals surface area contributed by atoms with Crippen molar-refractivity contribution in [3.8, 4) is 11.5 Å². The molecule has 0 aliphatic carbocycles. The van der Waals surface area contributed by atoms with Crippen LogP contribution < -0.4 is 14.8 Å². The van der Waals surface area contributed by atoms with Gasteiger partial charge in [-0.25, -0.2) is 0 Å². The summed E-state index contributed by atoms with van der Waals surface area (Å²) in [7, 11) is 3.78. The van der Waals surface area contributed by atoms with E-state index in [9.17, 15) is 0 Å². The Balaban J connectivity index is 1.91. The van der Waals surface area contributed by atoms with Gasteiger partial charge in [-0.2, -0.15) is 0 Å². The zero-order chi connectivity index (χ0) is 17.2. The van der Waals surface area contributed by atoms with Gasteiger partial charge in [-0.3, -0.25) is 4.98 Å². The van der Waals surface area contributed by atoms with E-state index in [4.69, 9.17) is 9.47 Å². The third-order valence-corrected chi connectivity index (χ3v) is 3.88. The predicted octanol–water partition coefficient (Wildman–Crippen LogP) is 2.71. The second kappa shape index (κ2) is 9.90. The van der Waals surface area contributed by atoms with Crippen molar-refractivity contribution < 1.29 is 9.47 Å². The molecule has 1 N–H and O–H groups in total. The monoisotopic (exact) mass is 329 g/mol. The van der Waals surface area contributed by atoms with Gasteiger partial charge in [-0.1, -0.05) is 19.1 Å². The van der Waals surface area contributed by atoms with Crippen LogP contribution in [0, 0.1) is 0 Å². The zero-order valence-electron chi connectivity index (χ0n) is 14.8. The Labute approximate surface area is 144 Å². The molecule has 0 saturated carbocycles. The minimum Gasteiger partial charge on any atom is -0.493 e. The summed E-state index contributed by atoms with van der Waals surface area (Å²) in [6, 6.07) is 9.95. The molecule has 0 saturated heterocycles. The van der Waals surface area contributed by atoms with Crippen LogP contribution >= 0.6 is 0 Å². The minimum absolute atomic E-state index is 0.475. The van der Waals surface area contributed by atoms with Crippen LogP contribution in [0.2, 0.25) is 0 Å². The van der Waals surface area contributed by atoms with Crippen LogP contribution in [0.25, 0.3) is 0 Å². The van der Waals surface area contributed by atoms with Crippen LogP contribution in [0.4, 0.5) is 0 Å². The third-order valence-electron chi connectivity index (χ3n) is 3.88. The molecule has 0 spiro atoms. The molecule has 0 aliphatic heterocycles. The van der Waals surface area contributed by atoms with Gasteiger partial charge in [0.2, 0.25) is 0 Å². The summed E-state index contributed by atoms with van der Waals surface area (Å²) in [4.78, 5) is 6.38. The molecule has 24 heavy (non-hydrogen) atoms. The number of likely N-dealkylation sites (N-methyl/N-ethyl adjacent to an activating group) is 1. The van der Waals surface area contributed by atoms with Crippen LogP contribution in [-0.4, -0.2) is 43.7 Å². The van der Waals surface area contributed by atoms with Gasteiger partial charge in [0, 0.05) is 37.6 Å². The van der Waals surface area contributed by atoms with E-state index in [0.717, 1.165) is 43.2 Å². The van der Waals surface area contributed by atoms with E-state index >= 15 is 0 Å². The molecule has 0 unspecified atom stereocenters. The van der Waals surface area contributed by atoms with Gasteiger partial charge in [0.25, 0.3) is 0 Å². The lowest BCUT2D eigenvalue weighted by Gasteiger charge is -2.15. The van der Waals surface area contributed by atoms with E-state index in [0.29, 0.717) is 6.61 Å². The molecule has 0 amide bonds. The maximum absolute atomic E-state index is 5.92. The van der Waals surface area contributed by atoms with Gasteiger partial charge < -0.3 is 19.7 Å². The summed E-state index contributed by atoms with van der Waals surface area (Å²) >= 11 is 0. The van der Waals surface area contributed by atoms with E-state index in [1.807, 2.05) is 30.5 Å². The topological polar surface area (TPSA) is 46.6 Å². The fourth-order valence-corrected chi connectivity index (χ4v) is 2.25. The summed E-state index contributed by atoms with van der Waals surface area (Å²) in [5.74, 6) is 1.50. The summed E-state index contributed by atoms with van der Waals surface area (Å²) in [5.41, 5.74) is 2.21. The number of ether oxygens (including phenoxy) is 2. The smallest absolute Gasteiger partial charge is 0.161 e. The van der Waals surface area contributed by atoms with E-state index < -0.39 is 0 Å². The molecule has 0 atom stereocenters. The maximum Gasteiger partial charge on any atom is 0.161 e. The molecule has 1 aromatic heterocycles. The molecule has 1 aromatic carbocycles. The zero-order valence-corrected chi connectivity index (χ0v) is 14.8. The Kier molecular flexibility index (Phi) is 7.52. The molecule has 0 aliphatic rings. The maximum atomic E-state index is 5.92. The van der Waals surface area contributed by atoms with Crippen LogP contribution in [0.3, 0.4) is 0 Å². The standard InChI is InChI=1S/C19H27N3O2/c1-4-22(2)11-10-21-13-16-7-8-18(23-3)19(12-16)24-15-17-6-5-9-20-14-17/h5-9,12,14,21H,4,10-11,13,15H2,1-3H3. The number of nitrogens with one attached hydrogen (secondary N) is 1. The average molecular weight is 329 g/mol. The van der Waals surface area contributed by atoms with Crippen LogP contribution in [0.1, 0.15) is 18.1 Å². The van der Waals surface area contributed by atoms with E-state index in [1.165, 1.54) is 5.56 Å². The van der Waals surface area contributed by atoms with Crippen molar-refractivity contribution in [3.63, 3.8) is 0 Å². The van der Waals surface area contributed by atoms with E-state index in [1.54, 1.807) is 13.3 Å². The lowest BCUT2D eigenvalue weighted by Crippen LogP contribution is -2.28. The van der Waals surface area contributed by atoms with Gasteiger partial charge >= 0.3 is 0 Å². The normalized spacial score (nSPS) is 10.8. The van der Waals surface area contributed by atoms with Crippen molar-refractivity contribution in [1.82, 2.24) is 15.2 Å². The minimum atomic E-state index is 0.475. The first-order valence-corrected chi connectivity index (χ1v) is 8.30. The number of hydrogen-bond acceptors (Lipinski definition) is 5. The molecule has 2 rings (SSSR count). The Morgan fingerprint density at radius 2 is 2.04 bits per heavy atom. The first-order valence-electron chi connectivity index (χ1n) is 8.30. The predicted molar refractivity (Wildman–Crippen MR) is 96.4 cm³/mol. The molecule has 0 bridgehead atoms. The quantitative estimate of drug-likeness (QED) is 0.679. The Hall–Kier alpha value is -2.11. The number of benzene rings is 1. The molecule has 5 nitrogen and oxygen atoms in total. The first-order chi connectivity index (χ1) is 11.7. The molecule has 0 radical (unpaired) electrons. The molecule has 2 aromatic rings. The number of nitrogens with zero attached hydrogens (tertiary/aromatic N) is 2. The number of hydrogen-bond donors (Lipinski definition) is 1. The molecule has 5 heteroatoms. The Morgan fingerprint density at radius 3 is 2.75 bits per heavy atom. The number of aromatic nitrogens is 1. The Morgan fingerprint density at radius 1 is 1.17 bits per heavy atom. The largest absolute Gasteiger partial charge is 0.493 e. The fourth-order valence-electron chi connectivity index (χ4n) is 2.25. The van der Waals surface area contributed by atoms with Gasteiger partial charge in [-0.05, 0) is 37.4 Å². The van der Waals surface area contributed by atoms with Crippen molar-refractivity contribution in [2.24, 2.45) is 0 Å². The number of pyridine rings is 1. The van der Waals surface area contributed by atoms with Gasteiger partial charge in [0.05, 0.1) is 7.11 Å². The third kappa shape index (κ3) is 5.83. The number of rotatable bonds is 10. The lowest BCUT2D eigenvalue weighted by molar-refractivity contribution is 0.283. The average Bonchev–Trinajstić information content (AvgIpc) is 2.64. The molecular formula is C19H27N3O2. The lowest BCUT2D eigenvalue weighted by atomic mass is 10.2. The van der Waals surface area contributed by atoms with Gasteiger partial charge in [0.1, 0.15) is 6.61 Å². The molecular weight excluding hydrogens is 302 g/mol. The fraction of sp³-hybridized carbons (Fsp3) is 0.421. The SMILES string of the molecule is CCN(C)CCNCc1ccc(OC)c(OCc2cccnc2)c1. The van der Waals surface area contributed by atoms with Gasteiger partial charge in [-0.15, -0.1) is 0 Å². The van der Waals surface area contributed by atoms with Crippen LogP contribution in [0.5, 0.6) is 11.5 Å². The molecule has 1 heterocycles. The summed E-state index contributed by atoms with van der Waals surface area (Å²) in [6.07, 6.45) is 3.56. The van der Waals surface area contributed by atoms with Crippen molar-refractivity contribution in [3.05, 3.63) is 53.9 Å². The Bertz CT molecular complexity index is 605. The van der Waals surface area contributed by atoms with Crippen LogP contribution in [0.15, 0.2) is 42.7 Å². The van der Waals surface area contributed by atoms with Crippen LogP contribution in [-0.2, 0) is 13.2 Å². The highest BCUT2D eigenvalue weighted by atomic mass is 16.5. The van der Waals surface area contributed by atoms with Crippen molar-refractivity contribution in [2.45, 2.75) is 20.1 Å². The highest BCUT2D eigenvalue weighted by Crippen LogP contribution is 2.28. The number of methoxy groups -OCH3 is 1. The second-order valence-corrected chi connectivity index (χ2v) is 5.71. The van der Waals surface area contributed by atoms with E-state index in [2.05, 4.69) is 35.2 Å². The van der Waals surface area contributed by atoms with Crippen molar-refractivity contribution in [2.75, 3.05) is 33.8 Å². The van der Waals surface area contributed by atoms with Gasteiger partial charge in [0.15, 0.2) is 11.5 Å².